The monoisotopic (exact) mass is 224 g/mol. The zero-order chi connectivity index (χ0) is 11.4. The van der Waals surface area contributed by atoms with Gasteiger partial charge >= 0.3 is 7.82 Å². The van der Waals surface area contributed by atoms with E-state index in [-0.39, 0.29) is 0 Å². The Hall–Kier alpha value is -1.96. The number of nitrogens with one attached hydrogen (secondary N) is 3. The van der Waals surface area contributed by atoms with Crippen LogP contribution in [0.1, 0.15) is 0 Å². The minimum atomic E-state index is -4.44. The van der Waals surface area contributed by atoms with E-state index in [0.29, 0.717) is 0 Å². The standard InChI is InChI=1S/C3H9N6O4P/c4-1(5)11-14(10,12-2(6)7)13-3(8)9/h(H3,4,5)(H3,6,7)(H3,8,9). The minimum absolute atomic E-state index is 0.990. The Labute approximate surface area is 78.4 Å². The number of amidine groups is 3. The average molecular weight is 224 g/mol. The van der Waals surface area contributed by atoms with Crippen molar-refractivity contribution >= 4 is 25.9 Å². The van der Waals surface area contributed by atoms with Crippen LogP contribution < -0.4 is 17.2 Å². The van der Waals surface area contributed by atoms with Crippen molar-refractivity contribution in [2.24, 2.45) is 17.2 Å². The van der Waals surface area contributed by atoms with Gasteiger partial charge in [-0.15, -0.1) is 0 Å². The molecule has 0 saturated heterocycles. The van der Waals surface area contributed by atoms with E-state index in [2.05, 4.69) is 13.6 Å². The van der Waals surface area contributed by atoms with Gasteiger partial charge in [0.05, 0.1) is 0 Å². The summed E-state index contributed by atoms with van der Waals surface area (Å²) in [6.45, 7) is 0. The van der Waals surface area contributed by atoms with Gasteiger partial charge in [-0.2, -0.15) is 4.57 Å². The molecule has 0 saturated carbocycles. The van der Waals surface area contributed by atoms with Gasteiger partial charge in [0, 0.05) is 0 Å². The first kappa shape index (κ1) is 12.0. The fraction of sp³-hybridized carbons (Fsp3) is 0. The third kappa shape index (κ3) is 4.83. The molecule has 0 aliphatic heterocycles. The SMILES string of the molecule is N=C(N)OP(=O)(OC(=N)N)OC(=N)N. The Morgan fingerprint density at radius 3 is 1.21 bits per heavy atom. The van der Waals surface area contributed by atoms with Crippen molar-refractivity contribution in [3.8, 4) is 0 Å². The molecule has 11 heteroatoms. The third-order valence-corrected chi connectivity index (χ3v) is 1.89. The smallest absolute Gasteiger partial charge is 0.353 e. The Balaban J connectivity index is 4.66. The summed E-state index contributed by atoms with van der Waals surface area (Å²) >= 11 is 0. The third-order valence-electron chi connectivity index (χ3n) is 0.630. The van der Waals surface area contributed by atoms with Gasteiger partial charge in [-0.25, -0.2) is 0 Å². The summed E-state index contributed by atoms with van der Waals surface area (Å²) in [7, 11) is -4.44. The first-order valence-electron chi connectivity index (χ1n) is 2.96. The molecule has 0 aromatic carbocycles. The molecule has 0 unspecified atom stereocenters. The van der Waals surface area contributed by atoms with Crippen LogP contribution in [0.15, 0.2) is 0 Å². The average Bonchev–Trinajstić information content (AvgIpc) is 1.76. The number of hydrogen-bond donors (Lipinski definition) is 6. The van der Waals surface area contributed by atoms with Crippen LogP contribution in [0.25, 0.3) is 0 Å². The van der Waals surface area contributed by atoms with E-state index in [1.54, 1.807) is 0 Å². The maximum absolute atomic E-state index is 11.3. The molecule has 0 aromatic rings. The van der Waals surface area contributed by atoms with Gasteiger partial charge in [0.15, 0.2) is 0 Å². The molecule has 0 fully saturated rings. The van der Waals surface area contributed by atoms with E-state index in [1.165, 1.54) is 0 Å². The molecule has 0 aliphatic carbocycles. The van der Waals surface area contributed by atoms with E-state index in [0.717, 1.165) is 0 Å². The Morgan fingerprint density at radius 2 is 1.07 bits per heavy atom. The topological polar surface area (TPSA) is 194 Å². The lowest BCUT2D eigenvalue weighted by atomic mass is 11.2. The van der Waals surface area contributed by atoms with Crippen molar-refractivity contribution < 1.29 is 18.1 Å². The highest BCUT2D eigenvalue weighted by atomic mass is 31.2. The minimum Gasteiger partial charge on any atom is -0.353 e. The summed E-state index contributed by atoms with van der Waals surface area (Å²) in [5.41, 5.74) is 14.2. The molecule has 80 valence electrons. The molecule has 0 heterocycles. The molecule has 0 atom stereocenters. The lowest BCUT2D eigenvalue weighted by Crippen LogP contribution is -2.23. The molecule has 0 amide bonds. The molecule has 10 nitrogen and oxygen atoms in total. The Bertz CT molecular complexity index is 267. The molecule has 0 aliphatic rings. The zero-order valence-corrected chi connectivity index (χ0v) is 7.71. The summed E-state index contributed by atoms with van der Waals surface area (Å²) in [5, 5.41) is 19.9. The number of phosphoric ester groups is 1. The maximum atomic E-state index is 11.3. The van der Waals surface area contributed by atoms with E-state index in [9.17, 15) is 4.57 Å². The van der Waals surface area contributed by atoms with Crippen LogP contribution >= 0.6 is 7.82 Å². The van der Waals surface area contributed by atoms with Crippen LogP contribution in [0.4, 0.5) is 0 Å². The molecule has 0 bridgehead atoms. The van der Waals surface area contributed by atoms with Crippen LogP contribution in [-0.2, 0) is 18.1 Å². The van der Waals surface area contributed by atoms with Gasteiger partial charge in [0.2, 0.25) is 0 Å². The first-order chi connectivity index (χ1) is 6.25. The highest BCUT2D eigenvalue weighted by Crippen LogP contribution is 2.48. The van der Waals surface area contributed by atoms with E-state index < -0.39 is 25.9 Å². The number of phosphoric acid groups is 1. The highest BCUT2D eigenvalue weighted by Gasteiger charge is 2.34. The lowest BCUT2D eigenvalue weighted by molar-refractivity contribution is 0.278. The van der Waals surface area contributed by atoms with Crippen molar-refractivity contribution in [2.45, 2.75) is 0 Å². The zero-order valence-electron chi connectivity index (χ0n) is 6.81. The molecule has 0 radical (unpaired) electrons. The lowest BCUT2D eigenvalue weighted by Gasteiger charge is -2.15. The fourth-order valence-electron chi connectivity index (χ4n) is 0.417. The van der Waals surface area contributed by atoms with Crippen molar-refractivity contribution in [3.05, 3.63) is 0 Å². The van der Waals surface area contributed by atoms with E-state index >= 15 is 0 Å². The molecular formula is C3H9N6O4P. The van der Waals surface area contributed by atoms with E-state index in [1.807, 2.05) is 0 Å². The van der Waals surface area contributed by atoms with Gasteiger partial charge in [-0.3, -0.25) is 16.2 Å². The molecule has 0 spiro atoms. The molecule has 0 rings (SSSR count). The van der Waals surface area contributed by atoms with Gasteiger partial charge in [0.1, 0.15) is 0 Å². The van der Waals surface area contributed by atoms with Crippen molar-refractivity contribution in [2.75, 3.05) is 0 Å². The first-order valence-corrected chi connectivity index (χ1v) is 4.42. The number of hydrogen-bond acceptors (Lipinski definition) is 7. The predicted octanol–water partition coefficient (Wildman–Crippen LogP) is -1.18. The number of nitrogens with two attached hydrogens (primary N) is 3. The van der Waals surface area contributed by atoms with Crippen LogP contribution in [0.5, 0.6) is 0 Å². The van der Waals surface area contributed by atoms with E-state index in [4.69, 9.17) is 33.4 Å². The predicted molar refractivity (Wildman–Crippen MR) is 46.6 cm³/mol. The fourth-order valence-corrected chi connectivity index (χ4v) is 1.25. The summed E-state index contributed by atoms with van der Waals surface area (Å²) in [4.78, 5) is 0. The summed E-state index contributed by atoms with van der Waals surface area (Å²) in [5.74, 6) is 0. The molecule has 9 N–H and O–H groups in total. The summed E-state index contributed by atoms with van der Waals surface area (Å²) in [6.07, 6.45) is 0. The van der Waals surface area contributed by atoms with Gasteiger partial charge < -0.3 is 30.8 Å². The Kier molecular flexibility index (Phi) is 3.72. The van der Waals surface area contributed by atoms with Crippen molar-refractivity contribution in [1.29, 1.82) is 16.2 Å². The van der Waals surface area contributed by atoms with Gasteiger partial charge in [0.25, 0.3) is 18.1 Å². The molecular weight excluding hydrogens is 215 g/mol. The quantitative estimate of drug-likeness (QED) is 0.197. The molecule has 0 aromatic heterocycles. The van der Waals surface area contributed by atoms with Crippen molar-refractivity contribution in [3.63, 3.8) is 0 Å². The largest absolute Gasteiger partial charge is 0.654 e. The second-order valence-electron chi connectivity index (χ2n) is 1.81. The summed E-state index contributed by atoms with van der Waals surface area (Å²) in [6, 6.07) is -2.97. The van der Waals surface area contributed by atoms with Crippen LogP contribution in [-0.4, -0.2) is 18.1 Å². The second kappa shape index (κ2) is 4.33. The Morgan fingerprint density at radius 1 is 0.857 bits per heavy atom. The second-order valence-corrected chi connectivity index (χ2v) is 3.26. The van der Waals surface area contributed by atoms with Crippen LogP contribution in [0.2, 0.25) is 0 Å². The highest BCUT2D eigenvalue weighted by molar-refractivity contribution is 7.50. The van der Waals surface area contributed by atoms with Gasteiger partial charge in [-0.05, 0) is 0 Å². The summed E-state index contributed by atoms with van der Waals surface area (Å²) < 4.78 is 23.6. The molecule has 14 heavy (non-hydrogen) atoms. The van der Waals surface area contributed by atoms with Gasteiger partial charge in [-0.1, -0.05) is 0 Å². The normalized spacial score (nSPS) is 13.4. The van der Waals surface area contributed by atoms with Crippen LogP contribution in [0, 0.1) is 16.2 Å². The van der Waals surface area contributed by atoms with Crippen LogP contribution in [0.3, 0.4) is 0 Å². The number of rotatable bonds is 3. The maximum Gasteiger partial charge on any atom is 0.654 e. The van der Waals surface area contributed by atoms with Crippen molar-refractivity contribution in [1.82, 2.24) is 0 Å².